The second-order valence-corrected chi connectivity index (χ2v) is 6.37. The van der Waals surface area contributed by atoms with Crippen LogP contribution in [0.5, 0.6) is 23.0 Å². The number of fused-ring (bicyclic) bond motifs is 4. The standard InChI is InChI=1S/C20H17NO5/c1-21-5-4-11-7-16-17(25-9-24-16)8-13(11)14-6-12-2-3-15-20(26-10-23-15)18(12)19(14)22/h2-3,6-8,21H,4-5,9-10H2,1H3. The van der Waals surface area contributed by atoms with Crippen LogP contribution in [0.25, 0.3) is 11.6 Å². The molecule has 2 aliphatic heterocycles. The number of rotatable bonds is 4. The number of carbonyl (C=O) groups excluding carboxylic acids is 1. The number of benzene rings is 2. The first-order valence-electron chi connectivity index (χ1n) is 8.53. The average Bonchev–Trinajstić information content (AvgIpc) is 3.36. The van der Waals surface area contributed by atoms with Crippen LogP contribution in [0.2, 0.25) is 0 Å². The van der Waals surface area contributed by atoms with E-state index in [1.165, 1.54) is 0 Å². The van der Waals surface area contributed by atoms with Gasteiger partial charge in [-0.15, -0.1) is 0 Å². The molecular weight excluding hydrogens is 334 g/mol. The highest BCUT2D eigenvalue weighted by atomic mass is 16.7. The number of allylic oxidation sites excluding steroid dienone is 1. The Morgan fingerprint density at radius 2 is 1.77 bits per heavy atom. The Kier molecular flexibility index (Phi) is 3.39. The van der Waals surface area contributed by atoms with E-state index in [4.69, 9.17) is 18.9 Å². The lowest BCUT2D eigenvalue weighted by Crippen LogP contribution is -2.12. The van der Waals surface area contributed by atoms with Crippen LogP contribution in [-0.2, 0) is 6.42 Å². The summed E-state index contributed by atoms with van der Waals surface area (Å²) in [6.45, 7) is 1.15. The molecule has 0 saturated carbocycles. The van der Waals surface area contributed by atoms with Crippen molar-refractivity contribution in [1.82, 2.24) is 5.32 Å². The molecule has 0 saturated heterocycles. The molecule has 0 spiro atoms. The molecule has 0 unspecified atom stereocenters. The minimum Gasteiger partial charge on any atom is -0.454 e. The van der Waals surface area contributed by atoms with Crippen molar-refractivity contribution in [3.8, 4) is 23.0 Å². The fourth-order valence-electron chi connectivity index (χ4n) is 3.60. The van der Waals surface area contributed by atoms with Gasteiger partial charge in [-0.25, -0.2) is 0 Å². The van der Waals surface area contributed by atoms with E-state index in [2.05, 4.69) is 5.32 Å². The number of hydrogen-bond acceptors (Lipinski definition) is 6. The predicted molar refractivity (Wildman–Crippen MR) is 95.0 cm³/mol. The Morgan fingerprint density at radius 3 is 2.62 bits per heavy atom. The predicted octanol–water partition coefficient (Wildman–Crippen LogP) is 2.64. The van der Waals surface area contributed by atoms with Crippen LogP contribution in [0, 0.1) is 0 Å². The summed E-state index contributed by atoms with van der Waals surface area (Å²) in [5, 5.41) is 3.15. The van der Waals surface area contributed by atoms with Gasteiger partial charge < -0.3 is 24.3 Å². The molecule has 6 heteroatoms. The minimum absolute atomic E-state index is 0.0491. The molecule has 5 rings (SSSR count). The quantitative estimate of drug-likeness (QED) is 0.914. The number of Topliss-reactive ketones (excluding diaryl/α,β-unsaturated/α-hetero) is 1. The van der Waals surface area contributed by atoms with Crippen LogP contribution < -0.4 is 24.3 Å². The number of carbonyl (C=O) groups is 1. The largest absolute Gasteiger partial charge is 0.454 e. The van der Waals surface area contributed by atoms with E-state index in [0.29, 0.717) is 28.4 Å². The van der Waals surface area contributed by atoms with Crippen molar-refractivity contribution in [3.05, 3.63) is 46.5 Å². The molecular formula is C20H17NO5. The molecule has 2 aromatic rings. The van der Waals surface area contributed by atoms with Crippen LogP contribution in [0.1, 0.15) is 27.0 Å². The Morgan fingerprint density at radius 1 is 1.00 bits per heavy atom. The maximum Gasteiger partial charge on any atom is 0.231 e. The molecule has 0 aromatic heterocycles. The molecule has 1 N–H and O–H groups in total. The fourth-order valence-corrected chi connectivity index (χ4v) is 3.60. The van der Waals surface area contributed by atoms with E-state index >= 15 is 0 Å². The smallest absolute Gasteiger partial charge is 0.231 e. The molecule has 2 heterocycles. The molecule has 6 nitrogen and oxygen atoms in total. The highest BCUT2D eigenvalue weighted by Crippen LogP contribution is 2.46. The van der Waals surface area contributed by atoms with Crippen LogP contribution in [0.15, 0.2) is 24.3 Å². The van der Waals surface area contributed by atoms with Gasteiger partial charge in [0.15, 0.2) is 28.8 Å². The summed E-state index contributed by atoms with van der Waals surface area (Å²) in [5.74, 6) is 2.50. The normalized spacial score (nSPS) is 16.0. The van der Waals surface area contributed by atoms with Crippen molar-refractivity contribution in [2.24, 2.45) is 0 Å². The SMILES string of the molecule is CNCCc1cc2c(cc1C1=Cc3ccc4c(c3C1=O)OCO4)OCO2. The summed E-state index contributed by atoms with van der Waals surface area (Å²) in [4.78, 5) is 13.2. The lowest BCUT2D eigenvalue weighted by molar-refractivity contribution is 0.105. The van der Waals surface area contributed by atoms with Crippen LogP contribution in [0.4, 0.5) is 0 Å². The van der Waals surface area contributed by atoms with Gasteiger partial charge in [-0.3, -0.25) is 4.79 Å². The Hall–Kier alpha value is -2.99. The summed E-state index contributed by atoms with van der Waals surface area (Å²) in [6.07, 6.45) is 2.70. The van der Waals surface area contributed by atoms with Crippen LogP contribution in [0.3, 0.4) is 0 Å². The van der Waals surface area contributed by atoms with Gasteiger partial charge in [0.1, 0.15) is 0 Å². The third kappa shape index (κ3) is 2.19. The Bertz CT molecular complexity index is 963. The lowest BCUT2D eigenvalue weighted by atomic mass is 9.94. The fraction of sp³-hybridized carbons (Fsp3) is 0.250. The highest BCUT2D eigenvalue weighted by molar-refractivity contribution is 6.38. The number of nitrogens with one attached hydrogen (secondary N) is 1. The van der Waals surface area contributed by atoms with Crippen LogP contribution >= 0.6 is 0 Å². The van der Waals surface area contributed by atoms with Gasteiger partial charge >= 0.3 is 0 Å². The molecule has 2 aromatic carbocycles. The third-order valence-electron chi connectivity index (χ3n) is 4.88. The van der Waals surface area contributed by atoms with Gasteiger partial charge in [0.25, 0.3) is 0 Å². The number of ketones is 1. The van der Waals surface area contributed by atoms with E-state index in [0.717, 1.165) is 35.4 Å². The first-order chi connectivity index (χ1) is 12.8. The maximum absolute atomic E-state index is 13.2. The average molecular weight is 351 g/mol. The topological polar surface area (TPSA) is 66.0 Å². The maximum atomic E-state index is 13.2. The summed E-state index contributed by atoms with van der Waals surface area (Å²) in [5.41, 5.74) is 4.00. The molecule has 3 aliphatic rings. The van der Waals surface area contributed by atoms with Gasteiger partial charge in [-0.05, 0) is 61.0 Å². The monoisotopic (exact) mass is 351 g/mol. The van der Waals surface area contributed by atoms with E-state index in [9.17, 15) is 4.79 Å². The molecule has 132 valence electrons. The van der Waals surface area contributed by atoms with Gasteiger partial charge in [0, 0.05) is 5.57 Å². The Labute approximate surface area is 150 Å². The highest BCUT2D eigenvalue weighted by Gasteiger charge is 2.33. The summed E-state index contributed by atoms with van der Waals surface area (Å²) in [7, 11) is 1.91. The van der Waals surface area contributed by atoms with Crippen LogP contribution in [-0.4, -0.2) is 33.0 Å². The molecule has 0 bridgehead atoms. The lowest BCUT2D eigenvalue weighted by Gasteiger charge is -2.12. The zero-order valence-corrected chi connectivity index (χ0v) is 14.3. The Balaban J connectivity index is 1.61. The summed E-state index contributed by atoms with van der Waals surface area (Å²) >= 11 is 0. The van der Waals surface area contributed by atoms with Crippen molar-refractivity contribution >= 4 is 17.4 Å². The van der Waals surface area contributed by atoms with Gasteiger partial charge in [-0.1, -0.05) is 6.07 Å². The van der Waals surface area contributed by atoms with Gasteiger partial charge in [-0.2, -0.15) is 0 Å². The molecule has 0 fully saturated rings. The van der Waals surface area contributed by atoms with E-state index in [1.807, 2.05) is 37.4 Å². The number of ether oxygens (including phenoxy) is 4. The second-order valence-electron chi connectivity index (χ2n) is 6.37. The van der Waals surface area contributed by atoms with E-state index in [1.54, 1.807) is 0 Å². The third-order valence-corrected chi connectivity index (χ3v) is 4.88. The second kappa shape index (κ2) is 5.78. The van der Waals surface area contributed by atoms with Crippen molar-refractivity contribution in [2.45, 2.75) is 6.42 Å². The molecule has 0 atom stereocenters. The van der Waals surface area contributed by atoms with Crippen molar-refractivity contribution in [3.63, 3.8) is 0 Å². The zero-order chi connectivity index (χ0) is 17.7. The first-order valence-corrected chi connectivity index (χ1v) is 8.53. The summed E-state index contributed by atoms with van der Waals surface area (Å²) in [6, 6.07) is 7.61. The van der Waals surface area contributed by atoms with Crippen molar-refractivity contribution in [1.29, 1.82) is 0 Å². The van der Waals surface area contributed by atoms with Gasteiger partial charge in [0.05, 0.1) is 5.56 Å². The minimum atomic E-state index is -0.0491. The number of hydrogen-bond donors (Lipinski definition) is 1. The summed E-state index contributed by atoms with van der Waals surface area (Å²) < 4.78 is 22.0. The van der Waals surface area contributed by atoms with E-state index in [-0.39, 0.29) is 19.4 Å². The molecule has 0 radical (unpaired) electrons. The van der Waals surface area contributed by atoms with Crippen molar-refractivity contribution in [2.75, 3.05) is 27.2 Å². The first kappa shape index (κ1) is 15.3. The zero-order valence-electron chi connectivity index (χ0n) is 14.3. The molecule has 26 heavy (non-hydrogen) atoms. The number of likely N-dealkylation sites (N-methyl/N-ethyl adjacent to an activating group) is 1. The molecule has 1 aliphatic carbocycles. The van der Waals surface area contributed by atoms with Crippen molar-refractivity contribution < 1.29 is 23.7 Å². The molecule has 0 amide bonds. The van der Waals surface area contributed by atoms with Gasteiger partial charge in [0.2, 0.25) is 13.6 Å². The van der Waals surface area contributed by atoms with E-state index < -0.39 is 0 Å².